The predicted octanol–water partition coefficient (Wildman–Crippen LogP) is 5.72. The molecule has 2 N–H and O–H groups in total. The number of nitrogens with one attached hydrogen (secondary N) is 1. The zero-order chi connectivity index (χ0) is 26.9. The van der Waals surface area contributed by atoms with Crippen LogP contribution >= 0.6 is 11.6 Å². The molecule has 0 saturated heterocycles. The Hall–Kier alpha value is -3.16. The molecule has 3 aromatic rings. The third-order valence-corrected chi connectivity index (χ3v) is 6.24. The highest BCUT2D eigenvalue weighted by atomic mass is 35.5. The molecule has 8 heteroatoms. The van der Waals surface area contributed by atoms with Gasteiger partial charge in [-0.15, -0.1) is 0 Å². The second-order valence-electron chi connectivity index (χ2n) is 9.45. The number of carbonyl (C=O) groups excluding carboxylic acids is 2. The fraction of sp³-hybridized carbons (Fsp3) is 0.414. The van der Waals surface area contributed by atoms with Gasteiger partial charge in [0.25, 0.3) is 5.91 Å². The van der Waals surface area contributed by atoms with Crippen LogP contribution in [-0.2, 0) is 13.0 Å². The van der Waals surface area contributed by atoms with Gasteiger partial charge in [-0.3, -0.25) is 9.59 Å². The van der Waals surface area contributed by atoms with Crippen LogP contribution in [0.2, 0.25) is 5.02 Å². The van der Waals surface area contributed by atoms with E-state index >= 15 is 0 Å². The molecule has 0 aliphatic carbocycles. The topological polar surface area (TPSA) is 93.4 Å². The molecular weight excluding hydrogens is 490 g/mol. The van der Waals surface area contributed by atoms with Crippen molar-refractivity contribution in [1.82, 2.24) is 14.9 Å². The number of unbranched alkanes of at least 4 members (excludes halogenated alkanes) is 1. The van der Waals surface area contributed by atoms with E-state index in [0.717, 1.165) is 36.2 Å². The number of aromatic nitrogens is 2. The van der Waals surface area contributed by atoms with Gasteiger partial charge in [0.2, 0.25) is 0 Å². The van der Waals surface area contributed by atoms with E-state index < -0.39 is 0 Å². The van der Waals surface area contributed by atoms with Crippen molar-refractivity contribution < 1.29 is 19.4 Å². The lowest BCUT2D eigenvalue weighted by atomic mass is 10.0. The molecule has 1 heterocycles. The Morgan fingerprint density at radius 1 is 1.16 bits per heavy atom. The fourth-order valence-corrected chi connectivity index (χ4v) is 4.30. The van der Waals surface area contributed by atoms with Crippen molar-refractivity contribution in [3.63, 3.8) is 0 Å². The second kappa shape index (κ2) is 13.4. The molecule has 1 atom stereocenters. The zero-order valence-electron chi connectivity index (χ0n) is 22.0. The van der Waals surface area contributed by atoms with Crippen LogP contribution in [0.1, 0.15) is 73.5 Å². The maximum Gasteiger partial charge on any atom is 0.251 e. The molecular formula is C29H36ClN3O4. The second-order valence-corrected chi connectivity index (χ2v) is 9.86. The van der Waals surface area contributed by atoms with Crippen molar-refractivity contribution in [3.05, 3.63) is 70.6 Å². The number of ketones is 1. The summed E-state index contributed by atoms with van der Waals surface area (Å²) in [6.45, 7) is 8.18. The maximum absolute atomic E-state index is 12.9. The van der Waals surface area contributed by atoms with Gasteiger partial charge in [0, 0.05) is 43.4 Å². The van der Waals surface area contributed by atoms with E-state index in [1.165, 1.54) is 6.92 Å². The molecule has 7 nitrogen and oxygen atoms in total. The number of aliphatic hydroxyl groups is 1. The molecule has 0 radical (unpaired) electrons. The first kappa shape index (κ1) is 28.4. The van der Waals surface area contributed by atoms with Gasteiger partial charge in [-0.1, -0.05) is 49.2 Å². The van der Waals surface area contributed by atoms with Crippen LogP contribution in [0.25, 0.3) is 11.3 Å². The minimum Gasteiger partial charge on any atom is -0.489 e. The average molecular weight is 526 g/mol. The number of hydrogen-bond acceptors (Lipinski definition) is 5. The van der Waals surface area contributed by atoms with Crippen LogP contribution in [0, 0.1) is 0 Å². The van der Waals surface area contributed by atoms with Gasteiger partial charge in [-0.05, 0) is 56.9 Å². The molecule has 3 rings (SSSR count). The Morgan fingerprint density at radius 3 is 2.49 bits per heavy atom. The summed E-state index contributed by atoms with van der Waals surface area (Å²) in [5.74, 6) is 0.695. The Kier molecular flexibility index (Phi) is 10.3. The lowest BCUT2D eigenvalue weighted by molar-refractivity contribution is 0.0929. The third kappa shape index (κ3) is 7.91. The summed E-state index contributed by atoms with van der Waals surface area (Å²) in [6.07, 6.45) is 4.90. The lowest BCUT2D eigenvalue weighted by Gasteiger charge is -2.19. The standard InChI is InChI=1S/C29H36ClN3O4/c1-5-6-14-33-18-26(32-28(33)20(4)35)22-9-7-21(8-10-22)16-24(13-15-34)31-29(36)23-11-12-27(25(30)17-23)37-19(2)3/h7-12,17-19,24,34H,5-6,13-16H2,1-4H3,(H,31,36). The van der Waals surface area contributed by atoms with E-state index in [0.29, 0.717) is 35.0 Å². The van der Waals surface area contributed by atoms with Gasteiger partial charge in [0.15, 0.2) is 11.6 Å². The highest BCUT2D eigenvalue weighted by molar-refractivity contribution is 6.32. The Bertz CT molecular complexity index is 1200. The van der Waals surface area contributed by atoms with Gasteiger partial charge < -0.3 is 19.7 Å². The largest absolute Gasteiger partial charge is 0.489 e. The van der Waals surface area contributed by atoms with Crippen molar-refractivity contribution in [2.75, 3.05) is 6.61 Å². The molecule has 2 aromatic carbocycles. The number of nitrogens with zero attached hydrogens (tertiary/aromatic N) is 2. The molecule has 1 amide bonds. The highest BCUT2D eigenvalue weighted by Crippen LogP contribution is 2.27. The first-order chi connectivity index (χ1) is 17.7. The van der Waals surface area contributed by atoms with Crippen LogP contribution in [0.4, 0.5) is 0 Å². The van der Waals surface area contributed by atoms with Crippen molar-refractivity contribution in [3.8, 4) is 17.0 Å². The maximum atomic E-state index is 12.9. The predicted molar refractivity (Wildman–Crippen MR) is 146 cm³/mol. The van der Waals surface area contributed by atoms with E-state index in [2.05, 4.69) is 17.2 Å². The fourth-order valence-electron chi connectivity index (χ4n) is 4.07. The first-order valence-electron chi connectivity index (χ1n) is 12.8. The number of aryl methyl sites for hydroxylation is 1. The van der Waals surface area contributed by atoms with E-state index in [1.54, 1.807) is 18.2 Å². The molecule has 198 valence electrons. The van der Waals surface area contributed by atoms with Crippen molar-refractivity contribution in [2.24, 2.45) is 0 Å². The molecule has 0 spiro atoms. The van der Waals surface area contributed by atoms with Gasteiger partial charge in [-0.25, -0.2) is 4.98 Å². The summed E-state index contributed by atoms with van der Waals surface area (Å²) in [6, 6.07) is 12.6. The van der Waals surface area contributed by atoms with Gasteiger partial charge >= 0.3 is 0 Å². The van der Waals surface area contributed by atoms with Crippen LogP contribution < -0.4 is 10.1 Å². The molecule has 0 aliphatic heterocycles. The molecule has 37 heavy (non-hydrogen) atoms. The van der Waals surface area contributed by atoms with E-state index in [-0.39, 0.29) is 30.4 Å². The molecule has 1 unspecified atom stereocenters. The van der Waals surface area contributed by atoms with Crippen LogP contribution in [-0.4, -0.2) is 45.1 Å². The number of rotatable bonds is 13. The molecule has 0 bridgehead atoms. The Morgan fingerprint density at radius 2 is 1.89 bits per heavy atom. The number of hydrogen-bond donors (Lipinski definition) is 2. The highest BCUT2D eigenvalue weighted by Gasteiger charge is 2.17. The van der Waals surface area contributed by atoms with Gasteiger partial charge in [0.1, 0.15) is 5.75 Å². The van der Waals surface area contributed by atoms with E-state index in [4.69, 9.17) is 16.3 Å². The molecule has 0 fully saturated rings. The summed E-state index contributed by atoms with van der Waals surface area (Å²) >= 11 is 6.29. The number of halogens is 1. The Labute approximate surface area is 223 Å². The van der Waals surface area contributed by atoms with Crippen molar-refractivity contribution in [2.45, 2.75) is 72.1 Å². The van der Waals surface area contributed by atoms with Crippen LogP contribution in [0.3, 0.4) is 0 Å². The SMILES string of the molecule is CCCCn1cc(-c2ccc(CC(CCO)NC(=O)c3ccc(OC(C)C)c(Cl)c3)cc2)nc1C(C)=O. The van der Waals surface area contributed by atoms with Crippen LogP contribution in [0.15, 0.2) is 48.7 Å². The van der Waals surface area contributed by atoms with E-state index in [9.17, 15) is 14.7 Å². The molecule has 0 aliphatic rings. The summed E-state index contributed by atoms with van der Waals surface area (Å²) in [5, 5.41) is 12.9. The quantitative estimate of drug-likeness (QED) is 0.278. The first-order valence-corrected chi connectivity index (χ1v) is 13.1. The third-order valence-electron chi connectivity index (χ3n) is 5.95. The van der Waals surface area contributed by atoms with E-state index in [1.807, 2.05) is 48.9 Å². The summed E-state index contributed by atoms with van der Waals surface area (Å²) in [5.41, 5.74) is 3.12. The number of benzene rings is 2. The minimum absolute atomic E-state index is 0.0227. The zero-order valence-corrected chi connectivity index (χ0v) is 22.7. The summed E-state index contributed by atoms with van der Waals surface area (Å²) < 4.78 is 7.56. The van der Waals surface area contributed by atoms with Gasteiger partial charge in [0.05, 0.1) is 16.8 Å². The summed E-state index contributed by atoms with van der Waals surface area (Å²) in [4.78, 5) is 29.5. The summed E-state index contributed by atoms with van der Waals surface area (Å²) in [7, 11) is 0. The number of aliphatic hydroxyl groups excluding tert-OH is 1. The minimum atomic E-state index is -0.262. The lowest BCUT2D eigenvalue weighted by Crippen LogP contribution is -2.37. The smallest absolute Gasteiger partial charge is 0.251 e. The van der Waals surface area contributed by atoms with Crippen molar-refractivity contribution >= 4 is 23.3 Å². The monoisotopic (exact) mass is 525 g/mol. The van der Waals surface area contributed by atoms with Crippen LogP contribution in [0.5, 0.6) is 5.75 Å². The number of Topliss-reactive ketones (excluding diaryl/α,β-unsaturated/α-hetero) is 1. The van der Waals surface area contributed by atoms with Crippen molar-refractivity contribution in [1.29, 1.82) is 0 Å². The Balaban J connectivity index is 1.70. The number of ether oxygens (including phenoxy) is 1. The normalized spacial score (nSPS) is 12.0. The number of imidazole rings is 1. The van der Waals surface area contributed by atoms with Gasteiger partial charge in [-0.2, -0.15) is 0 Å². The number of carbonyl (C=O) groups is 2. The number of amides is 1. The molecule has 1 aromatic heterocycles. The molecule has 0 saturated carbocycles. The average Bonchev–Trinajstić information content (AvgIpc) is 3.29.